The minimum atomic E-state index is -0.506. The van der Waals surface area contributed by atoms with E-state index in [1.807, 2.05) is 25.1 Å². The highest BCUT2D eigenvalue weighted by Gasteiger charge is 2.33. The maximum atomic E-state index is 12.5. The lowest BCUT2D eigenvalue weighted by molar-refractivity contribution is -0.131. The third kappa shape index (κ3) is 3.31. The Morgan fingerprint density at radius 2 is 2.08 bits per heavy atom. The van der Waals surface area contributed by atoms with Gasteiger partial charge in [-0.25, -0.2) is 4.98 Å². The average molecular weight is 340 g/mol. The SMILES string of the molecule is CCNC(=O)c1cc(NC(=O)[C@@H]2CCC(=O)N2C)nc2ccccc12. The van der Waals surface area contributed by atoms with Crippen molar-refractivity contribution >= 4 is 34.4 Å². The zero-order chi connectivity index (χ0) is 18.0. The number of nitrogens with zero attached hydrogens (tertiary/aromatic N) is 2. The third-order valence-electron chi connectivity index (χ3n) is 4.34. The molecule has 7 nitrogen and oxygen atoms in total. The predicted octanol–water partition coefficient (Wildman–Crippen LogP) is 1.54. The van der Waals surface area contributed by atoms with E-state index in [9.17, 15) is 14.4 Å². The third-order valence-corrected chi connectivity index (χ3v) is 4.34. The van der Waals surface area contributed by atoms with Crippen LogP contribution in [0.2, 0.25) is 0 Å². The number of likely N-dealkylation sites (N-methyl/N-ethyl adjacent to an activating group) is 1. The number of carbonyl (C=O) groups is 3. The van der Waals surface area contributed by atoms with Crippen LogP contribution in [0.5, 0.6) is 0 Å². The number of pyridine rings is 1. The number of anilines is 1. The van der Waals surface area contributed by atoms with Crippen molar-refractivity contribution in [3.8, 4) is 0 Å². The maximum Gasteiger partial charge on any atom is 0.252 e. The standard InChI is InChI=1S/C18H20N4O3/c1-3-19-17(24)12-10-15(20-13-7-5-4-6-11(12)13)21-18(25)14-8-9-16(23)22(14)2/h4-7,10,14H,3,8-9H2,1-2H3,(H,19,24)(H,20,21,25)/t14-/m0/s1. The lowest BCUT2D eigenvalue weighted by atomic mass is 10.1. The summed E-state index contributed by atoms with van der Waals surface area (Å²) in [6.45, 7) is 2.35. The second-order valence-electron chi connectivity index (χ2n) is 5.98. The Hall–Kier alpha value is -2.96. The molecule has 2 aromatic rings. The first-order chi connectivity index (χ1) is 12.0. The van der Waals surface area contributed by atoms with Crippen LogP contribution in [0.25, 0.3) is 10.9 Å². The van der Waals surface area contributed by atoms with Gasteiger partial charge in [0, 0.05) is 25.4 Å². The fraction of sp³-hybridized carbons (Fsp3) is 0.333. The summed E-state index contributed by atoms with van der Waals surface area (Å²) in [4.78, 5) is 42.3. The molecule has 1 aromatic heterocycles. The Morgan fingerprint density at radius 1 is 1.32 bits per heavy atom. The Kier molecular flexibility index (Phi) is 4.65. The molecule has 1 aromatic carbocycles. The van der Waals surface area contributed by atoms with Crippen molar-refractivity contribution in [3.05, 3.63) is 35.9 Å². The summed E-state index contributed by atoms with van der Waals surface area (Å²) in [5, 5.41) is 6.23. The number of para-hydroxylation sites is 1. The van der Waals surface area contributed by atoms with Crippen LogP contribution >= 0.6 is 0 Å². The Labute approximate surface area is 145 Å². The zero-order valence-electron chi connectivity index (χ0n) is 14.2. The van der Waals surface area contributed by atoms with Crippen LogP contribution in [0.3, 0.4) is 0 Å². The highest BCUT2D eigenvalue weighted by molar-refractivity contribution is 6.08. The topological polar surface area (TPSA) is 91.4 Å². The molecule has 1 aliphatic heterocycles. The number of fused-ring (bicyclic) bond motifs is 1. The summed E-state index contributed by atoms with van der Waals surface area (Å²) in [5.41, 5.74) is 1.08. The Balaban J connectivity index is 1.92. The van der Waals surface area contributed by atoms with E-state index >= 15 is 0 Å². The molecule has 3 rings (SSSR count). The number of amides is 3. The maximum absolute atomic E-state index is 12.5. The summed E-state index contributed by atoms with van der Waals surface area (Å²) >= 11 is 0. The smallest absolute Gasteiger partial charge is 0.252 e. The molecule has 0 radical (unpaired) electrons. The van der Waals surface area contributed by atoms with Gasteiger partial charge in [-0.2, -0.15) is 0 Å². The lowest BCUT2D eigenvalue weighted by Crippen LogP contribution is -2.39. The van der Waals surface area contributed by atoms with E-state index < -0.39 is 6.04 Å². The fourth-order valence-corrected chi connectivity index (χ4v) is 3.00. The molecule has 1 saturated heterocycles. The van der Waals surface area contributed by atoms with Crippen molar-refractivity contribution in [2.75, 3.05) is 18.9 Å². The van der Waals surface area contributed by atoms with E-state index in [2.05, 4.69) is 15.6 Å². The van der Waals surface area contributed by atoms with Gasteiger partial charge in [0.2, 0.25) is 11.8 Å². The minimum absolute atomic E-state index is 0.0466. The van der Waals surface area contributed by atoms with Crippen molar-refractivity contribution in [1.82, 2.24) is 15.2 Å². The van der Waals surface area contributed by atoms with Crippen LogP contribution in [0, 0.1) is 0 Å². The number of benzene rings is 1. The van der Waals surface area contributed by atoms with E-state index in [1.54, 1.807) is 19.2 Å². The van der Waals surface area contributed by atoms with Gasteiger partial charge < -0.3 is 15.5 Å². The molecule has 0 saturated carbocycles. The highest BCUT2D eigenvalue weighted by Crippen LogP contribution is 2.22. The molecule has 0 aliphatic carbocycles. The molecule has 2 heterocycles. The molecule has 0 spiro atoms. The lowest BCUT2D eigenvalue weighted by Gasteiger charge is -2.19. The Bertz CT molecular complexity index is 849. The average Bonchev–Trinajstić information content (AvgIpc) is 2.93. The molecule has 1 atom stereocenters. The van der Waals surface area contributed by atoms with Crippen LogP contribution in [0.1, 0.15) is 30.1 Å². The van der Waals surface area contributed by atoms with Gasteiger partial charge in [0.15, 0.2) is 0 Å². The van der Waals surface area contributed by atoms with Gasteiger partial charge in [0.25, 0.3) is 5.91 Å². The van der Waals surface area contributed by atoms with Crippen LogP contribution in [-0.4, -0.2) is 47.2 Å². The normalized spacial score (nSPS) is 17.0. The van der Waals surface area contributed by atoms with Crippen LogP contribution in [-0.2, 0) is 9.59 Å². The number of nitrogens with one attached hydrogen (secondary N) is 2. The number of hydrogen-bond donors (Lipinski definition) is 2. The predicted molar refractivity (Wildman–Crippen MR) is 94.2 cm³/mol. The molecule has 3 amide bonds. The Morgan fingerprint density at radius 3 is 2.76 bits per heavy atom. The largest absolute Gasteiger partial charge is 0.352 e. The van der Waals surface area contributed by atoms with Gasteiger partial charge in [-0.05, 0) is 25.5 Å². The molecule has 130 valence electrons. The van der Waals surface area contributed by atoms with Gasteiger partial charge >= 0.3 is 0 Å². The van der Waals surface area contributed by atoms with Crippen molar-refractivity contribution in [3.63, 3.8) is 0 Å². The van der Waals surface area contributed by atoms with Gasteiger partial charge in [0.05, 0.1) is 11.1 Å². The molecule has 7 heteroatoms. The number of carbonyl (C=O) groups excluding carboxylic acids is 3. The van der Waals surface area contributed by atoms with E-state index in [1.165, 1.54) is 4.90 Å². The van der Waals surface area contributed by atoms with E-state index in [-0.39, 0.29) is 17.7 Å². The molecule has 1 aliphatic rings. The zero-order valence-corrected chi connectivity index (χ0v) is 14.2. The quantitative estimate of drug-likeness (QED) is 0.883. The first-order valence-electron chi connectivity index (χ1n) is 8.25. The fourth-order valence-electron chi connectivity index (χ4n) is 3.00. The summed E-state index contributed by atoms with van der Waals surface area (Å²) < 4.78 is 0. The van der Waals surface area contributed by atoms with Crippen LogP contribution in [0.4, 0.5) is 5.82 Å². The van der Waals surface area contributed by atoms with E-state index in [0.717, 1.165) is 5.39 Å². The number of aromatic nitrogens is 1. The first-order valence-corrected chi connectivity index (χ1v) is 8.25. The number of likely N-dealkylation sites (tertiary alicyclic amines) is 1. The molecule has 0 bridgehead atoms. The van der Waals surface area contributed by atoms with Gasteiger partial charge in [-0.3, -0.25) is 14.4 Å². The molecular weight excluding hydrogens is 320 g/mol. The van der Waals surface area contributed by atoms with Crippen molar-refractivity contribution in [2.45, 2.75) is 25.8 Å². The summed E-state index contributed by atoms with van der Waals surface area (Å²) in [7, 11) is 1.62. The first kappa shape index (κ1) is 16.9. The van der Waals surface area contributed by atoms with Crippen molar-refractivity contribution in [1.29, 1.82) is 0 Å². The number of rotatable bonds is 4. The van der Waals surface area contributed by atoms with E-state index in [0.29, 0.717) is 36.3 Å². The second-order valence-corrected chi connectivity index (χ2v) is 5.98. The molecule has 0 unspecified atom stereocenters. The highest BCUT2D eigenvalue weighted by atomic mass is 16.2. The minimum Gasteiger partial charge on any atom is -0.352 e. The molecule has 1 fully saturated rings. The van der Waals surface area contributed by atoms with Crippen molar-refractivity contribution < 1.29 is 14.4 Å². The second kappa shape index (κ2) is 6.88. The van der Waals surface area contributed by atoms with Gasteiger partial charge in [0.1, 0.15) is 11.9 Å². The summed E-state index contributed by atoms with van der Waals surface area (Å²) in [5.74, 6) is -0.255. The van der Waals surface area contributed by atoms with Gasteiger partial charge in [-0.1, -0.05) is 18.2 Å². The molecule has 2 N–H and O–H groups in total. The molecular formula is C18H20N4O3. The summed E-state index contributed by atoms with van der Waals surface area (Å²) in [6, 6.07) is 8.34. The van der Waals surface area contributed by atoms with E-state index in [4.69, 9.17) is 0 Å². The monoisotopic (exact) mass is 340 g/mol. The summed E-state index contributed by atoms with van der Waals surface area (Å²) in [6.07, 6.45) is 0.849. The molecule has 25 heavy (non-hydrogen) atoms. The number of hydrogen-bond acceptors (Lipinski definition) is 4. The van der Waals surface area contributed by atoms with Crippen molar-refractivity contribution in [2.24, 2.45) is 0 Å². The van der Waals surface area contributed by atoms with Crippen LogP contribution in [0.15, 0.2) is 30.3 Å². The van der Waals surface area contributed by atoms with Crippen LogP contribution < -0.4 is 10.6 Å². The van der Waals surface area contributed by atoms with Gasteiger partial charge in [-0.15, -0.1) is 0 Å².